The average molecular weight is 254 g/mol. The standard InChI is InChI=1S/C13H22N2O3/c1-13(2,11(16)17)7-14-12(18)15-10(8-3-4-8)9-5-6-9/h8-10H,3-7H2,1-2H3,(H,16,17)(H2,14,15,18). The molecule has 0 aromatic carbocycles. The molecular weight excluding hydrogens is 232 g/mol. The maximum atomic E-state index is 11.8. The minimum Gasteiger partial charge on any atom is -0.481 e. The summed E-state index contributed by atoms with van der Waals surface area (Å²) in [4.78, 5) is 22.7. The van der Waals surface area contributed by atoms with Gasteiger partial charge >= 0.3 is 12.0 Å². The molecule has 0 saturated heterocycles. The number of carboxylic acid groups (broad SMARTS) is 1. The lowest BCUT2D eigenvalue weighted by Crippen LogP contribution is -2.48. The molecule has 0 unspecified atom stereocenters. The first-order valence-electron chi connectivity index (χ1n) is 6.68. The molecule has 18 heavy (non-hydrogen) atoms. The van der Waals surface area contributed by atoms with Crippen LogP contribution in [0.25, 0.3) is 0 Å². The molecule has 102 valence electrons. The summed E-state index contributed by atoms with van der Waals surface area (Å²) >= 11 is 0. The number of aliphatic carboxylic acids is 1. The summed E-state index contributed by atoms with van der Waals surface area (Å²) in [6.45, 7) is 3.36. The third kappa shape index (κ3) is 3.37. The summed E-state index contributed by atoms with van der Waals surface area (Å²) in [7, 11) is 0. The van der Waals surface area contributed by atoms with E-state index in [4.69, 9.17) is 5.11 Å². The van der Waals surface area contributed by atoms with Crippen molar-refractivity contribution in [1.82, 2.24) is 10.6 Å². The Balaban J connectivity index is 1.76. The first-order valence-corrected chi connectivity index (χ1v) is 6.68. The Labute approximate surface area is 107 Å². The molecule has 2 saturated carbocycles. The van der Waals surface area contributed by atoms with E-state index >= 15 is 0 Å². The van der Waals surface area contributed by atoms with Crippen LogP contribution in [-0.2, 0) is 4.79 Å². The van der Waals surface area contributed by atoms with Crippen LogP contribution in [0, 0.1) is 17.3 Å². The number of urea groups is 1. The predicted octanol–water partition coefficient (Wildman–Crippen LogP) is 1.58. The largest absolute Gasteiger partial charge is 0.481 e. The Hall–Kier alpha value is -1.26. The molecule has 5 heteroatoms. The van der Waals surface area contributed by atoms with Crippen molar-refractivity contribution in [2.24, 2.45) is 17.3 Å². The van der Waals surface area contributed by atoms with E-state index in [0.717, 1.165) is 0 Å². The predicted molar refractivity (Wildman–Crippen MR) is 67.2 cm³/mol. The van der Waals surface area contributed by atoms with Gasteiger partial charge in [0.1, 0.15) is 0 Å². The molecular formula is C13H22N2O3. The molecule has 0 bridgehead atoms. The van der Waals surface area contributed by atoms with Gasteiger partial charge in [-0.05, 0) is 51.4 Å². The van der Waals surface area contributed by atoms with Gasteiger partial charge in [0, 0.05) is 12.6 Å². The van der Waals surface area contributed by atoms with Gasteiger partial charge in [-0.25, -0.2) is 4.79 Å². The van der Waals surface area contributed by atoms with E-state index in [9.17, 15) is 9.59 Å². The van der Waals surface area contributed by atoms with Crippen LogP contribution in [-0.4, -0.2) is 29.7 Å². The molecule has 2 aliphatic rings. The van der Waals surface area contributed by atoms with Gasteiger partial charge in [0.2, 0.25) is 0 Å². The van der Waals surface area contributed by atoms with Crippen molar-refractivity contribution in [2.45, 2.75) is 45.6 Å². The van der Waals surface area contributed by atoms with Gasteiger partial charge in [-0.15, -0.1) is 0 Å². The van der Waals surface area contributed by atoms with E-state index in [0.29, 0.717) is 17.9 Å². The van der Waals surface area contributed by atoms with Gasteiger partial charge in [0.25, 0.3) is 0 Å². The number of carbonyl (C=O) groups excluding carboxylic acids is 1. The number of rotatable bonds is 6. The van der Waals surface area contributed by atoms with Crippen LogP contribution < -0.4 is 10.6 Å². The summed E-state index contributed by atoms with van der Waals surface area (Å²) < 4.78 is 0. The van der Waals surface area contributed by atoms with E-state index < -0.39 is 11.4 Å². The number of hydrogen-bond donors (Lipinski definition) is 3. The van der Waals surface area contributed by atoms with Crippen LogP contribution in [0.5, 0.6) is 0 Å². The third-order valence-corrected chi connectivity index (χ3v) is 3.83. The molecule has 0 aromatic rings. The zero-order valence-corrected chi connectivity index (χ0v) is 11.0. The van der Waals surface area contributed by atoms with Crippen molar-refractivity contribution in [3.05, 3.63) is 0 Å². The SMILES string of the molecule is CC(C)(CNC(=O)NC(C1CC1)C1CC1)C(=O)O. The molecule has 0 atom stereocenters. The van der Waals surface area contributed by atoms with Crippen LogP contribution in [0.4, 0.5) is 4.79 Å². The van der Waals surface area contributed by atoms with E-state index in [1.54, 1.807) is 13.8 Å². The summed E-state index contributed by atoms with van der Waals surface area (Å²) in [6, 6.07) is 0.0751. The van der Waals surface area contributed by atoms with Crippen LogP contribution in [0.15, 0.2) is 0 Å². The molecule has 0 aromatic heterocycles. The highest BCUT2D eigenvalue weighted by molar-refractivity contribution is 5.77. The maximum Gasteiger partial charge on any atom is 0.315 e. The molecule has 0 aliphatic heterocycles. The molecule has 2 fully saturated rings. The Kier molecular flexibility index (Phi) is 3.50. The average Bonchev–Trinajstić information content (AvgIpc) is 3.16. The van der Waals surface area contributed by atoms with Crippen molar-refractivity contribution in [3.63, 3.8) is 0 Å². The highest BCUT2D eigenvalue weighted by atomic mass is 16.4. The summed E-state index contributed by atoms with van der Waals surface area (Å²) in [5, 5.41) is 14.6. The Bertz CT molecular complexity index is 334. The van der Waals surface area contributed by atoms with E-state index in [2.05, 4.69) is 10.6 Å². The maximum absolute atomic E-state index is 11.8. The Morgan fingerprint density at radius 2 is 1.72 bits per heavy atom. The van der Waals surface area contributed by atoms with Gasteiger partial charge in [-0.1, -0.05) is 0 Å². The molecule has 2 amide bonds. The van der Waals surface area contributed by atoms with Gasteiger partial charge < -0.3 is 15.7 Å². The van der Waals surface area contributed by atoms with Crippen molar-refractivity contribution in [3.8, 4) is 0 Å². The van der Waals surface area contributed by atoms with Crippen LogP contribution >= 0.6 is 0 Å². The fraction of sp³-hybridized carbons (Fsp3) is 0.846. The van der Waals surface area contributed by atoms with Gasteiger partial charge in [-0.3, -0.25) is 4.79 Å². The quantitative estimate of drug-likeness (QED) is 0.673. The highest BCUT2D eigenvalue weighted by Gasteiger charge is 2.42. The lowest BCUT2D eigenvalue weighted by molar-refractivity contribution is -0.146. The van der Waals surface area contributed by atoms with Gasteiger partial charge in [-0.2, -0.15) is 0 Å². The number of nitrogens with one attached hydrogen (secondary N) is 2. The second kappa shape index (κ2) is 4.78. The number of carboxylic acids is 1. The zero-order chi connectivity index (χ0) is 13.3. The smallest absolute Gasteiger partial charge is 0.315 e. The molecule has 3 N–H and O–H groups in total. The summed E-state index contributed by atoms with van der Waals surface area (Å²) in [5.74, 6) is 0.398. The first-order chi connectivity index (χ1) is 8.40. The third-order valence-electron chi connectivity index (χ3n) is 3.83. The van der Waals surface area contributed by atoms with Crippen LogP contribution in [0.3, 0.4) is 0 Å². The molecule has 0 radical (unpaired) electrons. The van der Waals surface area contributed by atoms with Crippen molar-refractivity contribution in [1.29, 1.82) is 0 Å². The fourth-order valence-corrected chi connectivity index (χ4v) is 2.11. The summed E-state index contributed by atoms with van der Waals surface area (Å²) in [5.41, 5.74) is -0.925. The van der Waals surface area contributed by atoms with E-state index in [-0.39, 0.29) is 12.6 Å². The van der Waals surface area contributed by atoms with Crippen LogP contribution in [0.2, 0.25) is 0 Å². The lowest BCUT2D eigenvalue weighted by Gasteiger charge is -2.22. The fourth-order valence-electron chi connectivity index (χ4n) is 2.11. The van der Waals surface area contributed by atoms with Crippen molar-refractivity contribution >= 4 is 12.0 Å². The van der Waals surface area contributed by atoms with Gasteiger partial charge in [0.15, 0.2) is 0 Å². The van der Waals surface area contributed by atoms with E-state index in [1.165, 1.54) is 25.7 Å². The minimum atomic E-state index is -0.925. The summed E-state index contributed by atoms with van der Waals surface area (Å²) in [6.07, 6.45) is 4.84. The Morgan fingerprint density at radius 3 is 2.11 bits per heavy atom. The first kappa shape index (κ1) is 13.2. The number of carbonyl (C=O) groups is 2. The van der Waals surface area contributed by atoms with Gasteiger partial charge in [0.05, 0.1) is 5.41 Å². The molecule has 0 spiro atoms. The molecule has 2 aliphatic carbocycles. The highest BCUT2D eigenvalue weighted by Crippen LogP contribution is 2.44. The molecule has 2 rings (SSSR count). The second-order valence-corrected chi connectivity index (χ2v) is 6.22. The zero-order valence-electron chi connectivity index (χ0n) is 11.0. The Morgan fingerprint density at radius 1 is 1.22 bits per heavy atom. The monoisotopic (exact) mass is 254 g/mol. The number of hydrogen-bond acceptors (Lipinski definition) is 2. The van der Waals surface area contributed by atoms with Crippen LogP contribution in [0.1, 0.15) is 39.5 Å². The normalized spacial score (nSPS) is 19.7. The molecule has 5 nitrogen and oxygen atoms in total. The van der Waals surface area contributed by atoms with Crippen molar-refractivity contribution < 1.29 is 14.7 Å². The second-order valence-electron chi connectivity index (χ2n) is 6.22. The minimum absolute atomic E-state index is 0.149. The lowest BCUT2D eigenvalue weighted by atomic mass is 9.94. The topological polar surface area (TPSA) is 78.4 Å². The molecule has 0 heterocycles. The van der Waals surface area contributed by atoms with E-state index in [1.807, 2.05) is 0 Å². The van der Waals surface area contributed by atoms with Crippen molar-refractivity contribution in [2.75, 3.05) is 6.54 Å². The number of amides is 2.